The Morgan fingerprint density at radius 3 is 2.84 bits per heavy atom. The SMILES string of the molecule is COC(=O)C1C(C)=NC2=C(C(=O)CCC2)[C@H]1c1ccc2c(c1)OCO2. The van der Waals surface area contributed by atoms with Gasteiger partial charge in [-0.2, -0.15) is 0 Å². The molecule has 0 spiro atoms. The molecule has 0 amide bonds. The van der Waals surface area contributed by atoms with E-state index >= 15 is 0 Å². The molecule has 4 rings (SSSR count). The smallest absolute Gasteiger partial charge is 0.315 e. The van der Waals surface area contributed by atoms with Gasteiger partial charge in [-0.1, -0.05) is 6.07 Å². The third kappa shape index (κ3) is 2.52. The van der Waals surface area contributed by atoms with E-state index in [9.17, 15) is 9.59 Å². The van der Waals surface area contributed by atoms with E-state index in [0.29, 0.717) is 29.2 Å². The molecule has 1 aromatic rings. The van der Waals surface area contributed by atoms with E-state index < -0.39 is 11.8 Å². The molecule has 2 aliphatic heterocycles. The molecule has 25 heavy (non-hydrogen) atoms. The quantitative estimate of drug-likeness (QED) is 0.773. The zero-order valence-electron chi connectivity index (χ0n) is 14.2. The van der Waals surface area contributed by atoms with Gasteiger partial charge in [-0.05, 0) is 37.5 Å². The van der Waals surface area contributed by atoms with Gasteiger partial charge in [-0.25, -0.2) is 0 Å². The molecule has 0 saturated carbocycles. The number of esters is 1. The highest BCUT2D eigenvalue weighted by Gasteiger charge is 2.43. The zero-order chi connectivity index (χ0) is 17.6. The number of nitrogens with zero attached hydrogens (tertiary/aromatic N) is 1. The first kappa shape index (κ1) is 15.9. The zero-order valence-corrected chi connectivity index (χ0v) is 14.2. The summed E-state index contributed by atoms with van der Waals surface area (Å²) >= 11 is 0. The third-order valence-electron chi connectivity index (χ3n) is 5.05. The standard InChI is InChI=1S/C19H19NO5/c1-10-16(19(22)23-2)17(18-12(20-10)4-3-5-13(18)21)11-6-7-14-15(8-11)25-9-24-14/h6-8,16-17H,3-5,9H2,1-2H3/t16?,17-/m0/s1. The molecule has 0 bridgehead atoms. The van der Waals surface area contributed by atoms with Crippen LogP contribution in [0.25, 0.3) is 0 Å². The van der Waals surface area contributed by atoms with Gasteiger partial charge < -0.3 is 14.2 Å². The number of ketones is 1. The lowest BCUT2D eigenvalue weighted by atomic mass is 9.71. The minimum atomic E-state index is -0.605. The highest BCUT2D eigenvalue weighted by Crippen LogP contribution is 2.45. The number of aliphatic imine (C=N–C) groups is 1. The Kier molecular flexibility index (Phi) is 3.82. The molecule has 0 aromatic heterocycles. The van der Waals surface area contributed by atoms with E-state index in [1.54, 1.807) is 0 Å². The maximum Gasteiger partial charge on any atom is 0.315 e. The number of fused-ring (bicyclic) bond motifs is 1. The van der Waals surface area contributed by atoms with Crippen LogP contribution < -0.4 is 9.47 Å². The summed E-state index contributed by atoms with van der Waals surface area (Å²) < 4.78 is 15.9. The van der Waals surface area contributed by atoms with Gasteiger partial charge >= 0.3 is 5.97 Å². The summed E-state index contributed by atoms with van der Waals surface area (Å²) in [6, 6.07) is 5.56. The summed E-state index contributed by atoms with van der Waals surface area (Å²) in [6.07, 6.45) is 2.04. The lowest BCUT2D eigenvalue weighted by Crippen LogP contribution is -2.36. The number of carbonyl (C=O) groups excluding carboxylic acids is 2. The second kappa shape index (κ2) is 6.02. The van der Waals surface area contributed by atoms with Gasteiger partial charge in [-0.15, -0.1) is 0 Å². The molecular weight excluding hydrogens is 322 g/mol. The van der Waals surface area contributed by atoms with Crippen molar-refractivity contribution in [1.82, 2.24) is 0 Å². The summed E-state index contributed by atoms with van der Waals surface area (Å²) in [5, 5.41) is 0. The molecule has 3 aliphatic rings. The third-order valence-corrected chi connectivity index (χ3v) is 5.05. The molecule has 6 nitrogen and oxygen atoms in total. The highest BCUT2D eigenvalue weighted by molar-refractivity contribution is 6.08. The van der Waals surface area contributed by atoms with E-state index in [-0.39, 0.29) is 18.5 Å². The van der Waals surface area contributed by atoms with Gasteiger partial charge in [0.2, 0.25) is 6.79 Å². The van der Waals surface area contributed by atoms with Crippen molar-refractivity contribution in [2.75, 3.05) is 13.9 Å². The Balaban J connectivity index is 1.87. The molecule has 6 heteroatoms. The average Bonchev–Trinajstić information content (AvgIpc) is 3.07. The van der Waals surface area contributed by atoms with Crippen LogP contribution in [0, 0.1) is 5.92 Å². The lowest BCUT2D eigenvalue weighted by molar-refractivity contribution is -0.143. The van der Waals surface area contributed by atoms with Gasteiger partial charge in [0.05, 0.1) is 7.11 Å². The highest BCUT2D eigenvalue weighted by atomic mass is 16.7. The molecule has 1 aliphatic carbocycles. The fraction of sp³-hybridized carbons (Fsp3) is 0.421. The number of methoxy groups -OCH3 is 1. The Morgan fingerprint density at radius 1 is 1.24 bits per heavy atom. The van der Waals surface area contributed by atoms with Crippen molar-refractivity contribution in [2.45, 2.75) is 32.1 Å². The largest absolute Gasteiger partial charge is 0.468 e. The molecule has 0 saturated heterocycles. The number of benzene rings is 1. The first-order valence-corrected chi connectivity index (χ1v) is 8.39. The monoisotopic (exact) mass is 341 g/mol. The number of hydrogen-bond donors (Lipinski definition) is 0. The predicted octanol–water partition coefficient (Wildman–Crippen LogP) is 2.77. The van der Waals surface area contributed by atoms with E-state index in [4.69, 9.17) is 14.2 Å². The van der Waals surface area contributed by atoms with Crippen molar-refractivity contribution >= 4 is 17.5 Å². The van der Waals surface area contributed by atoms with E-state index in [2.05, 4.69) is 4.99 Å². The molecule has 0 radical (unpaired) electrons. The number of rotatable bonds is 2. The maximum absolute atomic E-state index is 12.7. The normalized spacial score (nSPS) is 24.7. The summed E-state index contributed by atoms with van der Waals surface area (Å²) in [5.74, 6) is -0.0215. The first-order chi connectivity index (χ1) is 12.1. The van der Waals surface area contributed by atoms with Crippen LogP contribution >= 0.6 is 0 Å². The minimum absolute atomic E-state index is 0.0640. The number of Topliss-reactive ketones (excluding diaryl/α,β-unsaturated/α-hetero) is 1. The predicted molar refractivity (Wildman–Crippen MR) is 89.8 cm³/mol. The summed E-state index contributed by atoms with van der Waals surface area (Å²) in [7, 11) is 1.36. The Labute approximate surface area is 145 Å². The summed E-state index contributed by atoms with van der Waals surface area (Å²) in [4.78, 5) is 29.7. The van der Waals surface area contributed by atoms with E-state index in [0.717, 1.165) is 24.1 Å². The second-order valence-corrected chi connectivity index (χ2v) is 6.48. The topological polar surface area (TPSA) is 74.2 Å². The number of carbonyl (C=O) groups is 2. The van der Waals surface area contributed by atoms with E-state index in [1.807, 2.05) is 25.1 Å². The fourth-order valence-corrected chi connectivity index (χ4v) is 3.91. The minimum Gasteiger partial charge on any atom is -0.468 e. The van der Waals surface area contributed by atoms with Crippen LogP contribution in [-0.4, -0.2) is 31.4 Å². The molecule has 1 aromatic carbocycles. The van der Waals surface area contributed by atoms with E-state index in [1.165, 1.54) is 7.11 Å². The average molecular weight is 341 g/mol. The lowest BCUT2D eigenvalue weighted by Gasteiger charge is -2.34. The number of ether oxygens (including phenoxy) is 3. The molecule has 2 heterocycles. The van der Waals surface area contributed by atoms with Crippen molar-refractivity contribution in [3.63, 3.8) is 0 Å². The van der Waals surface area contributed by atoms with Crippen molar-refractivity contribution in [3.8, 4) is 11.5 Å². The molecule has 2 atom stereocenters. The van der Waals surface area contributed by atoms with Crippen LogP contribution in [0.15, 0.2) is 34.5 Å². The van der Waals surface area contributed by atoms with Gasteiger partial charge in [0.15, 0.2) is 17.3 Å². The van der Waals surface area contributed by atoms with Gasteiger partial charge in [0, 0.05) is 29.3 Å². The van der Waals surface area contributed by atoms with Crippen LogP contribution in [0.4, 0.5) is 0 Å². The van der Waals surface area contributed by atoms with Crippen molar-refractivity contribution in [3.05, 3.63) is 35.0 Å². The maximum atomic E-state index is 12.7. The summed E-state index contributed by atoms with van der Waals surface area (Å²) in [5.41, 5.74) is 2.97. The molecule has 0 fully saturated rings. The molecule has 0 N–H and O–H groups in total. The number of allylic oxidation sites excluding steroid dienone is 2. The van der Waals surface area contributed by atoms with Crippen molar-refractivity contribution in [1.29, 1.82) is 0 Å². The second-order valence-electron chi connectivity index (χ2n) is 6.48. The molecular formula is C19H19NO5. The van der Waals surface area contributed by atoms with Crippen LogP contribution in [0.3, 0.4) is 0 Å². The van der Waals surface area contributed by atoms with Gasteiger partial charge in [0.25, 0.3) is 0 Å². The van der Waals surface area contributed by atoms with Crippen molar-refractivity contribution in [2.24, 2.45) is 10.9 Å². The Morgan fingerprint density at radius 2 is 2.04 bits per heavy atom. The Hall–Kier alpha value is -2.63. The van der Waals surface area contributed by atoms with Crippen LogP contribution in [0.5, 0.6) is 11.5 Å². The van der Waals surface area contributed by atoms with Crippen LogP contribution in [0.1, 0.15) is 37.7 Å². The Bertz CT molecular complexity index is 823. The van der Waals surface area contributed by atoms with Gasteiger partial charge in [-0.3, -0.25) is 14.6 Å². The van der Waals surface area contributed by atoms with Crippen LogP contribution in [-0.2, 0) is 14.3 Å². The molecule has 1 unspecified atom stereocenters. The molecule has 130 valence electrons. The van der Waals surface area contributed by atoms with Crippen LogP contribution in [0.2, 0.25) is 0 Å². The van der Waals surface area contributed by atoms with Crippen molar-refractivity contribution < 1.29 is 23.8 Å². The first-order valence-electron chi connectivity index (χ1n) is 8.39. The van der Waals surface area contributed by atoms with Gasteiger partial charge in [0.1, 0.15) is 5.92 Å². The number of hydrogen-bond acceptors (Lipinski definition) is 6. The fourth-order valence-electron chi connectivity index (χ4n) is 3.91. The summed E-state index contributed by atoms with van der Waals surface area (Å²) in [6.45, 7) is 2.00.